The van der Waals surface area contributed by atoms with Crippen LogP contribution in [0.1, 0.15) is 0 Å². The average molecular weight is 216 g/mol. The van der Waals surface area contributed by atoms with Crippen molar-refractivity contribution < 1.29 is 0 Å². The molecule has 4 rings (SSSR count). The molecule has 0 aliphatic rings. The van der Waals surface area contributed by atoms with Gasteiger partial charge in [0.05, 0.1) is 0 Å². The van der Waals surface area contributed by atoms with Crippen LogP contribution in [0.15, 0.2) is 54.6 Å². The second-order valence-corrected chi connectivity index (χ2v) is 4.31. The summed E-state index contributed by atoms with van der Waals surface area (Å²) >= 11 is 0. The Hall–Kier alpha value is -2.28. The van der Waals surface area contributed by atoms with Gasteiger partial charge in [0.15, 0.2) is 0 Å². The van der Waals surface area contributed by atoms with Crippen LogP contribution in [0, 0.1) is 6.07 Å². The van der Waals surface area contributed by atoms with Crippen molar-refractivity contribution in [2.75, 3.05) is 0 Å². The highest BCUT2D eigenvalue weighted by Crippen LogP contribution is 2.31. The third-order valence-electron chi connectivity index (χ3n) is 3.33. The predicted octanol–water partition coefficient (Wildman–Crippen LogP) is 4.27. The highest BCUT2D eigenvalue weighted by molar-refractivity contribution is 6.19. The minimum absolute atomic E-state index is 1.18. The summed E-state index contributed by atoms with van der Waals surface area (Å²) in [6.45, 7) is 0. The van der Waals surface area contributed by atoms with E-state index in [9.17, 15) is 0 Å². The fourth-order valence-corrected chi connectivity index (χ4v) is 2.56. The predicted molar refractivity (Wildman–Crippen MR) is 72.1 cm³/mol. The van der Waals surface area contributed by atoms with Crippen molar-refractivity contribution in [3.05, 3.63) is 60.7 Å². The molecule has 1 aromatic heterocycles. The van der Waals surface area contributed by atoms with Gasteiger partial charge < -0.3 is 4.98 Å². The summed E-state index contributed by atoms with van der Waals surface area (Å²) in [7, 11) is 0. The second-order valence-electron chi connectivity index (χ2n) is 4.31. The van der Waals surface area contributed by atoms with Crippen molar-refractivity contribution in [1.29, 1.82) is 0 Å². The molecule has 1 N–H and O–H groups in total. The molecule has 0 aliphatic heterocycles. The van der Waals surface area contributed by atoms with Crippen LogP contribution in [0.25, 0.3) is 32.6 Å². The van der Waals surface area contributed by atoms with Gasteiger partial charge in [-0.25, -0.2) is 0 Å². The zero-order valence-electron chi connectivity index (χ0n) is 9.20. The first-order valence-electron chi connectivity index (χ1n) is 5.73. The number of aromatic nitrogens is 1. The van der Waals surface area contributed by atoms with E-state index in [0.717, 1.165) is 0 Å². The van der Waals surface area contributed by atoms with Gasteiger partial charge in [0.25, 0.3) is 0 Å². The van der Waals surface area contributed by atoms with Crippen LogP contribution in [-0.4, -0.2) is 4.98 Å². The molecule has 0 aliphatic carbocycles. The Morgan fingerprint density at radius 2 is 1.76 bits per heavy atom. The van der Waals surface area contributed by atoms with E-state index in [4.69, 9.17) is 0 Å². The molecular formula is C16H10N. The minimum atomic E-state index is 1.18. The van der Waals surface area contributed by atoms with Crippen molar-refractivity contribution in [3.8, 4) is 0 Å². The molecule has 1 heteroatoms. The molecule has 0 bridgehead atoms. The summed E-state index contributed by atoms with van der Waals surface area (Å²) in [5, 5.41) is 5.13. The van der Waals surface area contributed by atoms with Crippen LogP contribution in [0.4, 0.5) is 0 Å². The van der Waals surface area contributed by atoms with Gasteiger partial charge in [-0.3, -0.25) is 0 Å². The molecule has 4 aromatic rings. The smallest absolute Gasteiger partial charge is 0.0471 e. The monoisotopic (exact) mass is 216 g/mol. The Morgan fingerprint density at radius 1 is 0.824 bits per heavy atom. The lowest BCUT2D eigenvalue weighted by Gasteiger charge is -1.99. The molecule has 0 fully saturated rings. The van der Waals surface area contributed by atoms with E-state index in [2.05, 4.69) is 59.6 Å². The van der Waals surface area contributed by atoms with Gasteiger partial charge in [-0.1, -0.05) is 36.4 Å². The van der Waals surface area contributed by atoms with Gasteiger partial charge in [0.1, 0.15) is 0 Å². The number of aromatic amines is 1. The van der Waals surface area contributed by atoms with E-state index in [-0.39, 0.29) is 0 Å². The average Bonchev–Trinajstić information content (AvgIpc) is 2.77. The molecule has 1 heterocycles. The Kier molecular flexibility index (Phi) is 1.61. The fraction of sp³-hybridized carbons (Fsp3) is 0. The van der Waals surface area contributed by atoms with Crippen LogP contribution in [0.3, 0.4) is 0 Å². The molecule has 1 nitrogen and oxygen atoms in total. The number of nitrogens with one attached hydrogen (secondary N) is 1. The molecule has 0 atom stereocenters. The standard InChI is InChI=1S/C16H10N/c1-2-6-12-11(5-1)9-10-15-16(12)13-7-3-4-8-14(13)17-15/h1-2,4-10,17H. The first-order chi connectivity index (χ1) is 8.43. The van der Waals surface area contributed by atoms with Crippen molar-refractivity contribution in [2.45, 2.75) is 0 Å². The van der Waals surface area contributed by atoms with Crippen molar-refractivity contribution >= 4 is 32.6 Å². The van der Waals surface area contributed by atoms with E-state index in [1.807, 2.05) is 6.07 Å². The Labute approximate surface area is 98.7 Å². The minimum Gasteiger partial charge on any atom is -0.354 e. The molecule has 79 valence electrons. The van der Waals surface area contributed by atoms with E-state index in [1.165, 1.54) is 32.6 Å². The maximum absolute atomic E-state index is 3.45. The molecule has 0 spiro atoms. The highest BCUT2D eigenvalue weighted by Gasteiger charge is 2.06. The van der Waals surface area contributed by atoms with Crippen molar-refractivity contribution in [2.24, 2.45) is 0 Å². The van der Waals surface area contributed by atoms with Crippen LogP contribution in [0.5, 0.6) is 0 Å². The summed E-state index contributed by atoms with van der Waals surface area (Å²) in [5.74, 6) is 0. The first kappa shape index (κ1) is 8.82. The van der Waals surface area contributed by atoms with Gasteiger partial charge in [-0.05, 0) is 35.0 Å². The largest absolute Gasteiger partial charge is 0.354 e. The highest BCUT2D eigenvalue weighted by atomic mass is 14.7. The van der Waals surface area contributed by atoms with Gasteiger partial charge in [-0.15, -0.1) is 0 Å². The molecule has 3 aromatic carbocycles. The van der Waals surface area contributed by atoms with E-state index in [0.29, 0.717) is 0 Å². The molecule has 0 saturated carbocycles. The third kappa shape index (κ3) is 1.14. The van der Waals surface area contributed by atoms with Crippen molar-refractivity contribution in [3.63, 3.8) is 0 Å². The van der Waals surface area contributed by atoms with Crippen molar-refractivity contribution in [1.82, 2.24) is 4.98 Å². The molecule has 0 saturated heterocycles. The number of hydrogen-bond donors (Lipinski definition) is 1. The lowest BCUT2D eigenvalue weighted by atomic mass is 10.0. The normalized spacial score (nSPS) is 11.5. The Morgan fingerprint density at radius 3 is 2.76 bits per heavy atom. The lowest BCUT2D eigenvalue weighted by molar-refractivity contribution is 1.55. The van der Waals surface area contributed by atoms with Crippen LogP contribution in [0.2, 0.25) is 0 Å². The molecule has 1 radical (unpaired) electrons. The summed E-state index contributed by atoms with van der Waals surface area (Å²) < 4.78 is 0. The maximum Gasteiger partial charge on any atom is 0.0471 e. The van der Waals surface area contributed by atoms with Gasteiger partial charge in [0.2, 0.25) is 0 Å². The number of benzene rings is 3. The van der Waals surface area contributed by atoms with E-state index in [1.54, 1.807) is 0 Å². The first-order valence-corrected chi connectivity index (χ1v) is 5.73. The summed E-state index contributed by atoms with van der Waals surface area (Å²) in [6.07, 6.45) is 0. The molecule has 0 unspecified atom stereocenters. The lowest BCUT2D eigenvalue weighted by Crippen LogP contribution is -1.73. The topological polar surface area (TPSA) is 15.8 Å². The second kappa shape index (κ2) is 3.11. The quantitative estimate of drug-likeness (QED) is 0.451. The SMILES string of the molecule is [c]1ccc2[nH]c3ccc4ccccc4c3c2c1. The Bertz CT molecular complexity index is 834. The third-order valence-corrected chi connectivity index (χ3v) is 3.33. The van der Waals surface area contributed by atoms with Gasteiger partial charge in [-0.2, -0.15) is 0 Å². The summed E-state index contributed by atoms with van der Waals surface area (Å²) in [4.78, 5) is 3.45. The zero-order valence-corrected chi connectivity index (χ0v) is 9.20. The van der Waals surface area contributed by atoms with Gasteiger partial charge in [0, 0.05) is 21.8 Å². The van der Waals surface area contributed by atoms with Crippen LogP contribution in [-0.2, 0) is 0 Å². The van der Waals surface area contributed by atoms with Crippen LogP contribution < -0.4 is 0 Å². The molecule has 0 amide bonds. The number of rotatable bonds is 0. The van der Waals surface area contributed by atoms with E-state index >= 15 is 0 Å². The van der Waals surface area contributed by atoms with Crippen LogP contribution >= 0.6 is 0 Å². The summed E-state index contributed by atoms with van der Waals surface area (Å²) in [6, 6.07) is 22.0. The summed E-state index contributed by atoms with van der Waals surface area (Å²) in [5.41, 5.74) is 2.37. The fourth-order valence-electron chi connectivity index (χ4n) is 2.56. The molecular weight excluding hydrogens is 206 g/mol. The van der Waals surface area contributed by atoms with E-state index < -0.39 is 0 Å². The van der Waals surface area contributed by atoms with Gasteiger partial charge >= 0.3 is 0 Å². The zero-order chi connectivity index (χ0) is 11.2. The maximum atomic E-state index is 3.45. The Balaban J connectivity index is 2.38. The number of H-pyrrole nitrogens is 1. The molecule has 17 heavy (non-hydrogen) atoms. The number of hydrogen-bond acceptors (Lipinski definition) is 0. The number of fused-ring (bicyclic) bond motifs is 5.